The van der Waals surface area contributed by atoms with Crippen molar-refractivity contribution in [3.05, 3.63) is 24.2 Å². The smallest absolute Gasteiger partial charge is 0.325 e. The van der Waals surface area contributed by atoms with Gasteiger partial charge in [-0.2, -0.15) is 0 Å². The predicted octanol–water partition coefficient (Wildman–Crippen LogP) is 0.972. The minimum atomic E-state index is -1.02. The number of carboxylic acid groups (broad SMARTS) is 1. The zero-order chi connectivity index (χ0) is 11.7. The van der Waals surface area contributed by atoms with E-state index in [-0.39, 0.29) is 17.7 Å². The normalized spacial score (nSPS) is 24.8. The van der Waals surface area contributed by atoms with Gasteiger partial charge in [0, 0.05) is 11.8 Å². The summed E-state index contributed by atoms with van der Waals surface area (Å²) < 4.78 is 5.19. The third kappa shape index (κ3) is 2.08. The first-order valence-electron chi connectivity index (χ1n) is 5.16. The van der Waals surface area contributed by atoms with Crippen molar-refractivity contribution in [2.45, 2.75) is 25.3 Å². The number of rotatable bonds is 4. The zero-order valence-corrected chi connectivity index (χ0v) is 8.84. The number of carbonyl (C=O) groups excluding carboxylic acids is 1. The fourth-order valence-corrected chi connectivity index (χ4v) is 1.68. The Kier molecular flexibility index (Phi) is 2.68. The highest BCUT2D eigenvalue weighted by atomic mass is 16.4. The molecule has 86 valence electrons. The lowest BCUT2D eigenvalue weighted by molar-refractivity contribution is -0.141. The maximum absolute atomic E-state index is 11.6. The van der Waals surface area contributed by atoms with Crippen LogP contribution in [0.5, 0.6) is 0 Å². The van der Waals surface area contributed by atoms with Gasteiger partial charge in [-0.15, -0.1) is 0 Å². The lowest BCUT2D eigenvalue weighted by atomic mass is 10.2. The summed E-state index contributed by atoms with van der Waals surface area (Å²) in [5.74, 6) is -0.480. The molecule has 16 heavy (non-hydrogen) atoms. The Morgan fingerprint density at radius 3 is 2.94 bits per heavy atom. The maximum atomic E-state index is 11.6. The molecule has 1 aromatic heterocycles. The highest BCUT2D eigenvalue weighted by Crippen LogP contribution is 2.47. The molecule has 0 bridgehead atoms. The number of aliphatic carboxylic acids is 1. The average Bonchev–Trinajstić information content (AvgIpc) is 2.85. The molecule has 1 aliphatic carbocycles. The van der Waals surface area contributed by atoms with E-state index in [0.717, 1.165) is 12.2 Å². The van der Waals surface area contributed by atoms with Crippen LogP contribution in [-0.2, 0) is 9.59 Å². The van der Waals surface area contributed by atoms with E-state index in [2.05, 4.69) is 5.32 Å². The van der Waals surface area contributed by atoms with Gasteiger partial charge in [0.25, 0.3) is 0 Å². The van der Waals surface area contributed by atoms with Crippen LogP contribution in [-0.4, -0.2) is 23.0 Å². The van der Waals surface area contributed by atoms with E-state index in [1.54, 1.807) is 12.3 Å². The molecule has 0 aliphatic heterocycles. The highest BCUT2D eigenvalue weighted by Gasteiger charge is 2.46. The van der Waals surface area contributed by atoms with E-state index in [9.17, 15) is 9.59 Å². The molecule has 1 heterocycles. The molecule has 0 radical (unpaired) electrons. The quantitative estimate of drug-likeness (QED) is 0.797. The molecule has 0 aromatic carbocycles. The lowest BCUT2D eigenvalue weighted by Crippen LogP contribution is -2.39. The number of carbonyl (C=O) groups is 2. The van der Waals surface area contributed by atoms with Crippen LogP contribution in [0.25, 0.3) is 0 Å². The van der Waals surface area contributed by atoms with Gasteiger partial charge < -0.3 is 14.8 Å². The molecule has 0 saturated heterocycles. The molecule has 1 fully saturated rings. The first-order chi connectivity index (χ1) is 7.59. The number of amides is 1. The third-order valence-corrected chi connectivity index (χ3v) is 2.77. The van der Waals surface area contributed by atoms with Crippen LogP contribution in [0.4, 0.5) is 0 Å². The van der Waals surface area contributed by atoms with Crippen molar-refractivity contribution < 1.29 is 19.1 Å². The van der Waals surface area contributed by atoms with Crippen LogP contribution in [0.1, 0.15) is 25.0 Å². The number of hydrogen-bond donors (Lipinski definition) is 2. The maximum Gasteiger partial charge on any atom is 0.325 e. The Morgan fingerprint density at radius 2 is 2.38 bits per heavy atom. The van der Waals surface area contributed by atoms with Gasteiger partial charge in [-0.1, -0.05) is 0 Å². The number of nitrogens with one attached hydrogen (secondary N) is 1. The van der Waals surface area contributed by atoms with Crippen LogP contribution in [0.3, 0.4) is 0 Å². The molecular formula is C11H13NO4. The molecule has 2 N–H and O–H groups in total. The molecule has 2 rings (SSSR count). The van der Waals surface area contributed by atoms with Gasteiger partial charge in [0.1, 0.15) is 11.8 Å². The van der Waals surface area contributed by atoms with Crippen molar-refractivity contribution >= 4 is 11.9 Å². The summed E-state index contributed by atoms with van der Waals surface area (Å²) in [6.45, 7) is 1.45. The molecule has 3 atom stereocenters. The van der Waals surface area contributed by atoms with Gasteiger partial charge in [-0.05, 0) is 25.5 Å². The van der Waals surface area contributed by atoms with E-state index in [1.165, 1.54) is 6.92 Å². The minimum Gasteiger partial charge on any atom is -0.480 e. The van der Waals surface area contributed by atoms with E-state index in [0.29, 0.717) is 0 Å². The third-order valence-electron chi connectivity index (χ3n) is 2.77. The van der Waals surface area contributed by atoms with Crippen molar-refractivity contribution in [1.82, 2.24) is 5.32 Å². The van der Waals surface area contributed by atoms with Crippen LogP contribution in [0, 0.1) is 5.92 Å². The Bertz CT molecular complexity index is 398. The van der Waals surface area contributed by atoms with Gasteiger partial charge in [-0.3, -0.25) is 9.59 Å². The standard InChI is InChI=1S/C11H13NO4/c1-6(11(14)15)12-10(13)8-5-7(8)9-3-2-4-16-9/h2-4,6-8H,5H2,1H3,(H,12,13)(H,14,15)/t6-,7?,8?/m0/s1. The first-order valence-corrected chi connectivity index (χ1v) is 5.16. The molecule has 5 heteroatoms. The first kappa shape index (κ1) is 10.7. The summed E-state index contributed by atoms with van der Waals surface area (Å²) in [5, 5.41) is 11.1. The van der Waals surface area contributed by atoms with E-state index < -0.39 is 12.0 Å². The van der Waals surface area contributed by atoms with Gasteiger partial charge in [-0.25, -0.2) is 0 Å². The zero-order valence-electron chi connectivity index (χ0n) is 8.84. The predicted molar refractivity (Wildman–Crippen MR) is 54.8 cm³/mol. The van der Waals surface area contributed by atoms with Crippen molar-refractivity contribution in [2.24, 2.45) is 5.92 Å². The molecule has 1 aliphatic rings. The second kappa shape index (κ2) is 4.00. The molecule has 0 spiro atoms. The van der Waals surface area contributed by atoms with Crippen molar-refractivity contribution in [3.63, 3.8) is 0 Å². The van der Waals surface area contributed by atoms with Gasteiger partial charge in [0.05, 0.1) is 6.26 Å². The minimum absolute atomic E-state index is 0.107. The summed E-state index contributed by atoms with van der Waals surface area (Å²) in [7, 11) is 0. The highest BCUT2D eigenvalue weighted by molar-refractivity contribution is 5.87. The van der Waals surface area contributed by atoms with Crippen molar-refractivity contribution in [3.8, 4) is 0 Å². The molecule has 5 nitrogen and oxygen atoms in total. The van der Waals surface area contributed by atoms with Crippen LogP contribution in [0.15, 0.2) is 22.8 Å². The van der Waals surface area contributed by atoms with Crippen LogP contribution >= 0.6 is 0 Å². The van der Waals surface area contributed by atoms with Gasteiger partial charge in [0.2, 0.25) is 5.91 Å². The Hall–Kier alpha value is -1.78. The Balaban J connectivity index is 1.88. The van der Waals surface area contributed by atoms with E-state index in [1.807, 2.05) is 6.07 Å². The van der Waals surface area contributed by atoms with Crippen molar-refractivity contribution in [2.75, 3.05) is 0 Å². The fourth-order valence-electron chi connectivity index (χ4n) is 1.68. The molecule has 2 unspecified atom stereocenters. The van der Waals surface area contributed by atoms with E-state index >= 15 is 0 Å². The van der Waals surface area contributed by atoms with Crippen molar-refractivity contribution in [1.29, 1.82) is 0 Å². The second-order valence-electron chi connectivity index (χ2n) is 4.03. The topological polar surface area (TPSA) is 79.5 Å². The van der Waals surface area contributed by atoms with Crippen LogP contribution in [0.2, 0.25) is 0 Å². The lowest BCUT2D eigenvalue weighted by Gasteiger charge is -2.08. The SMILES string of the molecule is C[C@H](NC(=O)C1CC1c1ccco1)C(=O)O. The monoisotopic (exact) mass is 223 g/mol. The molecule has 1 amide bonds. The largest absolute Gasteiger partial charge is 0.480 e. The average molecular weight is 223 g/mol. The number of hydrogen-bond acceptors (Lipinski definition) is 3. The molecule has 1 aromatic rings. The summed E-state index contributed by atoms with van der Waals surface area (Å²) >= 11 is 0. The molecular weight excluding hydrogens is 210 g/mol. The van der Waals surface area contributed by atoms with Crippen LogP contribution < -0.4 is 5.32 Å². The van der Waals surface area contributed by atoms with E-state index in [4.69, 9.17) is 9.52 Å². The Morgan fingerprint density at radius 1 is 1.62 bits per heavy atom. The summed E-state index contributed by atoms with van der Waals surface area (Å²) in [6.07, 6.45) is 2.30. The molecule has 1 saturated carbocycles. The summed E-state index contributed by atoms with van der Waals surface area (Å²) in [5.41, 5.74) is 0. The van der Waals surface area contributed by atoms with Gasteiger partial charge in [0.15, 0.2) is 0 Å². The van der Waals surface area contributed by atoms with Gasteiger partial charge >= 0.3 is 5.97 Å². The second-order valence-corrected chi connectivity index (χ2v) is 4.03. The summed E-state index contributed by atoms with van der Waals surface area (Å²) in [4.78, 5) is 22.2. The number of carboxylic acids is 1. The Labute approximate surface area is 92.4 Å². The summed E-state index contributed by atoms with van der Waals surface area (Å²) in [6, 6.07) is 2.77. The number of furan rings is 1. The fraction of sp³-hybridized carbons (Fsp3) is 0.455.